The number of benzene rings is 4. The molecule has 77 heavy (non-hydrogen) atoms. The van der Waals surface area contributed by atoms with Gasteiger partial charge in [0, 0.05) is 16.8 Å². The number of rotatable bonds is 28. The fraction of sp³-hybridized carbons (Fsp3) is 0.500. The third-order valence-electron chi connectivity index (χ3n) is 17.0. The molecule has 0 bridgehead atoms. The van der Waals surface area contributed by atoms with E-state index in [4.69, 9.17) is 12.3 Å². The van der Waals surface area contributed by atoms with Crippen molar-refractivity contribution in [3.05, 3.63) is 189 Å². The molecule has 0 radical (unpaired) electrons. The van der Waals surface area contributed by atoms with Gasteiger partial charge in [-0.3, -0.25) is 0 Å². The lowest BCUT2D eigenvalue weighted by atomic mass is 9.75. The van der Waals surface area contributed by atoms with E-state index in [0.29, 0.717) is 17.8 Å². The van der Waals surface area contributed by atoms with Crippen molar-refractivity contribution in [1.82, 2.24) is 0 Å². The summed E-state index contributed by atoms with van der Waals surface area (Å²) in [6.45, 7) is 46.5. The Morgan fingerprint density at radius 2 is 1.23 bits per heavy atom. The summed E-state index contributed by atoms with van der Waals surface area (Å²) in [5, 5.41) is 0. The first-order valence-electron chi connectivity index (χ1n) is 30.5. The highest BCUT2D eigenvalue weighted by Gasteiger charge is 2.26. The van der Waals surface area contributed by atoms with Gasteiger partial charge in [0.25, 0.3) is 0 Å². The van der Waals surface area contributed by atoms with Crippen LogP contribution in [-0.2, 0) is 24.7 Å². The molecule has 4 rings (SSSR count). The molecule has 418 valence electrons. The standard InChI is InChI=1S/C76H109N/c1-20-26-27-28-32-55(8)58(11)71-53-66(44-46-68(71)56(9)33-43-65(25-6)75(15,16)17)76(18,19)50-49-63(31-23-4)69-47-48-70(67(54(7)24-5)45-34-57(10)74(12,13)14)72(73(69)77)52-64(62-41-39-60(30-22-3)40-42-62)51-61-37-35-59(29-21-2)36-38-61/h25,33-49,52-55,58H,9,20-24,26-32,50-51,77H2,1-8,10-19H3/b43-33-,57-34+,63-49+,64-52+,65-25?,67-45+. The zero-order valence-corrected chi connectivity index (χ0v) is 52.5. The zero-order valence-electron chi connectivity index (χ0n) is 52.5. The fourth-order valence-electron chi connectivity index (χ4n) is 10.7. The molecule has 0 aromatic heterocycles. The molecule has 0 aliphatic heterocycles. The molecule has 1 nitrogen and oxygen atoms in total. The van der Waals surface area contributed by atoms with E-state index in [0.717, 1.165) is 80.2 Å². The molecule has 3 atom stereocenters. The number of anilines is 1. The third-order valence-corrected chi connectivity index (χ3v) is 17.0. The number of unbranched alkanes of at least 4 members (excludes halogenated alkanes) is 3. The van der Waals surface area contributed by atoms with Crippen LogP contribution in [0.25, 0.3) is 28.4 Å². The fourth-order valence-corrected chi connectivity index (χ4v) is 10.7. The van der Waals surface area contributed by atoms with Crippen molar-refractivity contribution in [3.8, 4) is 0 Å². The van der Waals surface area contributed by atoms with Crippen LogP contribution in [0, 0.1) is 22.7 Å². The van der Waals surface area contributed by atoms with Crippen molar-refractivity contribution in [2.24, 2.45) is 22.7 Å². The second-order valence-electron chi connectivity index (χ2n) is 25.7. The largest absolute Gasteiger partial charge is 0.398 e. The Bertz CT molecular complexity index is 2680. The minimum atomic E-state index is -0.136. The van der Waals surface area contributed by atoms with Crippen LogP contribution in [0.15, 0.2) is 133 Å². The molecule has 0 saturated heterocycles. The van der Waals surface area contributed by atoms with Gasteiger partial charge in [-0.05, 0) is 165 Å². The molecule has 1 heteroatoms. The Kier molecular flexibility index (Phi) is 25.3. The van der Waals surface area contributed by atoms with Gasteiger partial charge in [0.05, 0.1) is 0 Å². The second kappa shape index (κ2) is 30.3. The van der Waals surface area contributed by atoms with E-state index in [2.05, 4.69) is 246 Å². The number of allylic oxidation sites excluding steroid dienone is 12. The maximum absolute atomic E-state index is 7.82. The number of aryl methyl sites for hydroxylation is 2. The Labute approximate surface area is 474 Å². The SMILES string of the molecule is C=C(/C=C\C(=CC)C(C)(C)C)c1ccc(C(C)(C)C/C=C(\CCC)c2ccc(/C(=C/C=C(\C)C(C)(C)C)C(C)CC)c(/C=C(\Cc3ccc(CCC)cc3)c3ccc(CCC)cc3)c2N)cc1C(C)C(C)CCCCCC. The van der Waals surface area contributed by atoms with Crippen LogP contribution in [0.3, 0.4) is 0 Å². The van der Waals surface area contributed by atoms with E-state index in [1.54, 1.807) is 0 Å². The lowest BCUT2D eigenvalue weighted by Gasteiger charge is -2.29. The monoisotopic (exact) mass is 1040 g/mol. The van der Waals surface area contributed by atoms with Crippen molar-refractivity contribution in [3.63, 3.8) is 0 Å². The van der Waals surface area contributed by atoms with Gasteiger partial charge in [-0.15, -0.1) is 0 Å². The summed E-state index contributed by atoms with van der Waals surface area (Å²) in [7, 11) is 0. The number of nitrogen functional groups attached to an aromatic ring is 1. The first-order chi connectivity index (χ1) is 36.4. The predicted octanol–water partition coefficient (Wildman–Crippen LogP) is 23.2. The summed E-state index contributed by atoms with van der Waals surface area (Å²) in [5.74, 6) is 1.29. The molecule has 0 saturated carbocycles. The molecule has 0 fully saturated rings. The quantitative estimate of drug-likeness (QED) is 0.0261. The average molecular weight is 1040 g/mol. The highest BCUT2D eigenvalue weighted by molar-refractivity contribution is 5.94. The summed E-state index contributed by atoms with van der Waals surface area (Å²) in [5.41, 5.74) is 29.3. The summed E-state index contributed by atoms with van der Waals surface area (Å²) in [6.07, 6.45) is 32.1. The van der Waals surface area contributed by atoms with Crippen molar-refractivity contribution in [2.45, 2.75) is 226 Å². The van der Waals surface area contributed by atoms with Gasteiger partial charge in [-0.25, -0.2) is 0 Å². The summed E-state index contributed by atoms with van der Waals surface area (Å²) in [4.78, 5) is 0. The average Bonchev–Trinajstić information content (AvgIpc) is 3.39. The topological polar surface area (TPSA) is 26.0 Å². The molecule has 3 unspecified atom stereocenters. The molecule has 0 amide bonds. The molecule has 4 aromatic carbocycles. The van der Waals surface area contributed by atoms with Gasteiger partial charge in [0.15, 0.2) is 0 Å². The second-order valence-corrected chi connectivity index (χ2v) is 25.7. The molecule has 0 heterocycles. The van der Waals surface area contributed by atoms with Gasteiger partial charge in [-0.1, -0.05) is 290 Å². The lowest BCUT2D eigenvalue weighted by molar-refractivity contribution is 0.426. The lowest BCUT2D eigenvalue weighted by Crippen LogP contribution is -2.18. The van der Waals surface area contributed by atoms with Crippen molar-refractivity contribution in [2.75, 3.05) is 5.73 Å². The van der Waals surface area contributed by atoms with Crippen LogP contribution in [-0.4, -0.2) is 0 Å². The highest BCUT2D eigenvalue weighted by Crippen LogP contribution is 2.42. The normalized spacial score (nSPS) is 14.9. The van der Waals surface area contributed by atoms with Crippen LogP contribution in [0.4, 0.5) is 5.69 Å². The molecular formula is C76H109N. The van der Waals surface area contributed by atoms with E-state index in [1.807, 2.05) is 0 Å². The summed E-state index contributed by atoms with van der Waals surface area (Å²) >= 11 is 0. The molecule has 4 aromatic rings. The maximum Gasteiger partial charge on any atom is 0.0470 e. The van der Waals surface area contributed by atoms with Crippen LogP contribution in [0.5, 0.6) is 0 Å². The molecular weight excluding hydrogens is 927 g/mol. The van der Waals surface area contributed by atoms with Gasteiger partial charge in [-0.2, -0.15) is 0 Å². The summed E-state index contributed by atoms with van der Waals surface area (Å²) < 4.78 is 0. The van der Waals surface area contributed by atoms with Crippen molar-refractivity contribution >= 4 is 34.1 Å². The predicted molar refractivity (Wildman–Crippen MR) is 349 cm³/mol. The number of nitrogens with two attached hydrogens (primary N) is 1. The van der Waals surface area contributed by atoms with E-state index < -0.39 is 0 Å². The van der Waals surface area contributed by atoms with E-state index in [9.17, 15) is 0 Å². The molecule has 2 N–H and O–H groups in total. The molecule has 0 aliphatic carbocycles. The van der Waals surface area contributed by atoms with E-state index >= 15 is 0 Å². The molecule has 0 spiro atoms. The van der Waals surface area contributed by atoms with Crippen LogP contribution < -0.4 is 5.73 Å². The number of hydrogen-bond acceptors (Lipinski definition) is 1. The van der Waals surface area contributed by atoms with Crippen LogP contribution in [0.1, 0.15) is 257 Å². The number of hydrogen-bond donors (Lipinski definition) is 1. The maximum atomic E-state index is 7.82. The molecule has 0 aliphatic rings. The van der Waals surface area contributed by atoms with Gasteiger partial charge >= 0.3 is 0 Å². The van der Waals surface area contributed by atoms with E-state index in [-0.39, 0.29) is 16.2 Å². The highest BCUT2D eigenvalue weighted by atomic mass is 14.6. The van der Waals surface area contributed by atoms with Crippen molar-refractivity contribution < 1.29 is 0 Å². The first kappa shape index (κ1) is 64.4. The van der Waals surface area contributed by atoms with Crippen LogP contribution >= 0.6 is 0 Å². The van der Waals surface area contributed by atoms with Crippen LogP contribution in [0.2, 0.25) is 0 Å². The summed E-state index contributed by atoms with van der Waals surface area (Å²) in [6, 6.07) is 30.8. The zero-order chi connectivity index (χ0) is 57.1. The smallest absolute Gasteiger partial charge is 0.0470 e. The Balaban J connectivity index is 1.98. The van der Waals surface area contributed by atoms with Crippen molar-refractivity contribution in [1.29, 1.82) is 0 Å². The van der Waals surface area contributed by atoms with E-state index in [1.165, 1.54) is 104 Å². The minimum absolute atomic E-state index is 0.0682. The minimum Gasteiger partial charge on any atom is -0.398 e. The third kappa shape index (κ3) is 18.8. The Hall–Kier alpha value is -5.14. The van der Waals surface area contributed by atoms with Gasteiger partial charge in [0.2, 0.25) is 0 Å². The Morgan fingerprint density at radius 1 is 0.636 bits per heavy atom. The first-order valence-corrected chi connectivity index (χ1v) is 30.5. The van der Waals surface area contributed by atoms with Gasteiger partial charge < -0.3 is 5.73 Å². The van der Waals surface area contributed by atoms with Gasteiger partial charge in [0.1, 0.15) is 0 Å². The Morgan fingerprint density at radius 3 is 1.79 bits per heavy atom.